The van der Waals surface area contributed by atoms with Crippen LogP contribution >= 0.6 is 27.7 Å². The summed E-state index contributed by atoms with van der Waals surface area (Å²) in [7, 11) is 0. The van der Waals surface area contributed by atoms with Gasteiger partial charge in [-0.1, -0.05) is 29.8 Å². The third-order valence-corrected chi connectivity index (χ3v) is 5.03. The van der Waals surface area contributed by atoms with E-state index < -0.39 is 5.97 Å². The van der Waals surface area contributed by atoms with Gasteiger partial charge in [0.05, 0.1) is 11.4 Å². The van der Waals surface area contributed by atoms with E-state index in [1.54, 1.807) is 6.07 Å². The Bertz CT molecular complexity index is 749. The molecule has 1 amide bonds. The molecule has 0 bridgehead atoms. The van der Waals surface area contributed by atoms with Crippen LogP contribution in [-0.2, 0) is 14.3 Å². The van der Waals surface area contributed by atoms with Gasteiger partial charge in [0.15, 0.2) is 6.61 Å². The highest BCUT2D eigenvalue weighted by atomic mass is 79.9. The molecule has 0 fully saturated rings. The van der Waals surface area contributed by atoms with Crippen LogP contribution in [0.5, 0.6) is 0 Å². The first-order chi connectivity index (χ1) is 11.5. The third kappa shape index (κ3) is 5.69. The number of esters is 1. The van der Waals surface area contributed by atoms with Gasteiger partial charge in [0, 0.05) is 9.37 Å². The number of nitrogens with one attached hydrogen (secondary N) is 1. The van der Waals surface area contributed by atoms with Gasteiger partial charge in [0.1, 0.15) is 0 Å². The lowest BCUT2D eigenvalue weighted by atomic mass is 10.2. The van der Waals surface area contributed by atoms with Crippen molar-refractivity contribution in [3.63, 3.8) is 0 Å². The summed E-state index contributed by atoms with van der Waals surface area (Å²) in [6.45, 7) is 3.73. The largest absolute Gasteiger partial charge is 0.455 e. The topological polar surface area (TPSA) is 55.4 Å². The van der Waals surface area contributed by atoms with Crippen LogP contribution in [0.3, 0.4) is 0 Å². The molecule has 0 unspecified atom stereocenters. The fourth-order valence-electron chi connectivity index (χ4n) is 2.03. The average molecular weight is 408 g/mol. The Hall–Kier alpha value is -1.79. The molecule has 0 aliphatic carbocycles. The van der Waals surface area contributed by atoms with E-state index in [9.17, 15) is 9.59 Å². The second-order valence-corrected chi connectivity index (χ2v) is 7.12. The fourth-order valence-corrected chi connectivity index (χ4v) is 3.23. The number of aryl methyl sites for hydroxylation is 2. The van der Waals surface area contributed by atoms with Gasteiger partial charge in [-0.15, -0.1) is 11.8 Å². The molecule has 0 atom stereocenters. The first kappa shape index (κ1) is 18.5. The number of carbonyl (C=O) groups is 2. The van der Waals surface area contributed by atoms with Gasteiger partial charge >= 0.3 is 5.97 Å². The number of hydrogen-bond acceptors (Lipinski definition) is 4. The fraction of sp³-hybridized carbons (Fsp3) is 0.222. The predicted octanol–water partition coefficient (Wildman–Crippen LogP) is 4.34. The molecule has 0 saturated heterocycles. The number of halogens is 1. The maximum Gasteiger partial charge on any atom is 0.316 e. The molecule has 4 nitrogen and oxygen atoms in total. The van der Waals surface area contributed by atoms with Crippen molar-refractivity contribution in [3.8, 4) is 0 Å². The van der Waals surface area contributed by atoms with Gasteiger partial charge in [-0.05, 0) is 53.5 Å². The average Bonchev–Trinajstić information content (AvgIpc) is 2.54. The van der Waals surface area contributed by atoms with Crippen molar-refractivity contribution in [1.82, 2.24) is 0 Å². The van der Waals surface area contributed by atoms with Crippen LogP contribution < -0.4 is 5.32 Å². The van der Waals surface area contributed by atoms with Crippen molar-refractivity contribution in [3.05, 3.63) is 58.1 Å². The zero-order chi connectivity index (χ0) is 17.5. The van der Waals surface area contributed by atoms with Gasteiger partial charge in [-0.25, -0.2) is 0 Å². The molecule has 126 valence electrons. The van der Waals surface area contributed by atoms with Crippen LogP contribution in [-0.4, -0.2) is 24.2 Å². The number of anilines is 1. The van der Waals surface area contributed by atoms with E-state index in [4.69, 9.17) is 4.74 Å². The molecule has 0 heterocycles. The summed E-state index contributed by atoms with van der Waals surface area (Å²) in [6.07, 6.45) is 0. The van der Waals surface area contributed by atoms with E-state index in [0.717, 1.165) is 14.9 Å². The van der Waals surface area contributed by atoms with Crippen molar-refractivity contribution in [2.24, 2.45) is 0 Å². The monoisotopic (exact) mass is 407 g/mol. The van der Waals surface area contributed by atoms with Gasteiger partial charge in [-0.2, -0.15) is 0 Å². The summed E-state index contributed by atoms with van der Waals surface area (Å²) >= 11 is 4.75. The highest BCUT2D eigenvalue weighted by Crippen LogP contribution is 2.23. The number of hydrogen-bond donors (Lipinski definition) is 1. The maximum absolute atomic E-state index is 11.8. The molecule has 24 heavy (non-hydrogen) atoms. The van der Waals surface area contributed by atoms with Gasteiger partial charge < -0.3 is 10.1 Å². The molecular weight excluding hydrogens is 390 g/mol. The van der Waals surface area contributed by atoms with Crippen molar-refractivity contribution in [2.75, 3.05) is 17.7 Å². The van der Waals surface area contributed by atoms with Crippen molar-refractivity contribution >= 4 is 45.3 Å². The highest BCUT2D eigenvalue weighted by molar-refractivity contribution is 9.10. The highest BCUT2D eigenvalue weighted by Gasteiger charge is 2.10. The number of rotatable bonds is 6. The molecule has 0 radical (unpaired) electrons. The minimum absolute atomic E-state index is 0.173. The lowest BCUT2D eigenvalue weighted by Crippen LogP contribution is -2.21. The molecule has 0 aliphatic rings. The maximum atomic E-state index is 11.8. The number of benzene rings is 2. The number of ether oxygens (including phenoxy) is 1. The Morgan fingerprint density at radius 3 is 2.62 bits per heavy atom. The number of carbonyl (C=O) groups excluding carboxylic acids is 2. The van der Waals surface area contributed by atoms with E-state index in [1.807, 2.05) is 44.2 Å². The van der Waals surface area contributed by atoms with E-state index >= 15 is 0 Å². The van der Waals surface area contributed by atoms with Gasteiger partial charge in [0.2, 0.25) is 0 Å². The second kappa shape index (κ2) is 8.89. The molecule has 2 aromatic carbocycles. The molecule has 6 heteroatoms. The Morgan fingerprint density at radius 1 is 1.17 bits per heavy atom. The molecule has 0 saturated carbocycles. The minimum Gasteiger partial charge on any atom is -0.455 e. The quantitative estimate of drug-likeness (QED) is 0.571. The Labute approximate surface area is 154 Å². The van der Waals surface area contributed by atoms with Crippen LogP contribution in [0.1, 0.15) is 11.1 Å². The summed E-state index contributed by atoms with van der Waals surface area (Å²) in [5.74, 6) is -0.610. The van der Waals surface area contributed by atoms with Crippen LogP contribution in [0, 0.1) is 13.8 Å². The standard InChI is InChI=1S/C18H18BrNO3S/c1-12-7-8-16(13(2)9-12)24-11-18(22)23-10-17(21)20-15-6-4-3-5-14(15)19/h3-9H,10-11H2,1-2H3,(H,20,21). The molecule has 0 spiro atoms. The van der Waals surface area contributed by atoms with E-state index in [2.05, 4.69) is 27.3 Å². The van der Waals surface area contributed by atoms with Crippen LogP contribution in [0.4, 0.5) is 5.69 Å². The van der Waals surface area contributed by atoms with Gasteiger partial charge in [-0.3, -0.25) is 9.59 Å². The van der Waals surface area contributed by atoms with Crippen LogP contribution in [0.2, 0.25) is 0 Å². The zero-order valence-electron chi connectivity index (χ0n) is 13.5. The smallest absolute Gasteiger partial charge is 0.316 e. The SMILES string of the molecule is Cc1ccc(SCC(=O)OCC(=O)Nc2ccccc2Br)c(C)c1. The van der Waals surface area contributed by atoms with Crippen molar-refractivity contribution in [1.29, 1.82) is 0 Å². The molecule has 2 rings (SSSR count). The van der Waals surface area contributed by atoms with E-state index in [-0.39, 0.29) is 18.3 Å². The first-order valence-corrected chi connectivity index (χ1v) is 9.13. The minimum atomic E-state index is -0.415. The normalized spacial score (nSPS) is 10.3. The lowest BCUT2D eigenvalue weighted by Gasteiger charge is -2.09. The van der Waals surface area contributed by atoms with Crippen LogP contribution in [0.15, 0.2) is 51.8 Å². The Morgan fingerprint density at radius 2 is 1.92 bits per heavy atom. The summed E-state index contributed by atoms with van der Waals surface area (Å²) in [6, 6.07) is 13.3. The van der Waals surface area contributed by atoms with E-state index in [1.165, 1.54) is 17.3 Å². The molecule has 0 aromatic heterocycles. The second-order valence-electron chi connectivity index (χ2n) is 5.25. The summed E-state index contributed by atoms with van der Waals surface area (Å²) < 4.78 is 5.79. The van der Waals surface area contributed by atoms with Crippen LogP contribution in [0.25, 0.3) is 0 Å². The van der Waals surface area contributed by atoms with Crippen molar-refractivity contribution < 1.29 is 14.3 Å². The Balaban J connectivity index is 1.76. The molecular formula is C18H18BrNO3S. The lowest BCUT2D eigenvalue weighted by molar-refractivity contribution is -0.144. The third-order valence-electron chi connectivity index (χ3n) is 3.19. The summed E-state index contributed by atoms with van der Waals surface area (Å²) in [4.78, 5) is 24.6. The van der Waals surface area contributed by atoms with Crippen molar-refractivity contribution in [2.45, 2.75) is 18.7 Å². The Kier molecular flexibility index (Phi) is 6.87. The number of para-hydroxylation sites is 1. The first-order valence-electron chi connectivity index (χ1n) is 7.36. The number of thioether (sulfide) groups is 1. The molecule has 1 N–H and O–H groups in total. The summed E-state index contributed by atoms with van der Waals surface area (Å²) in [5, 5.41) is 2.68. The summed E-state index contributed by atoms with van der Waals surface area (Å²) in [5.41, 5.74) is 2.95. The van der Waals surface area contributed by atoms with Gasteiger partial charge in [0.25, 0.3) is 5.91 Å². The van der Waals surface area contributed by atoms with E-state index in [0.29, 0.717) is 5.69 Å². The molecule has 2 aromatic rings. The zero-order valence-corrected chi connectivity index (χ0v) is 15.9. The molecule has 0 aliphatic heterocycles. The number of amides is 1. The predicted molar refractivity (Wildman–Crippen MR) is 100 cm³/mol.